The standard InChI is InChI=1S/C28H29ClF4N2O3S/c1-38-18-2-3-24-19(14-18)26(20(29)16-34-24)21(31)4-5-28(15-25(36)37)6-8-35(9-7-28)10-11-39-27-22(32)12-17(30)13-23(27)33/h2-3,12-14,16,21H,4-11,15H2,1H3,(H,36,37). The monoisotopic (exact) mass is 584 g/mol. The molecule has 1 atom stereocenters. The van der Waals surface area contributed by atoms with E-state index in [9.17, 15) is 23.1 Å². The molecule has 3 aromatic rings. The van der Waals surface area contributed by atoms with Crippen LogP contribution in [0, 0.1) is 22.9 Å². The van der Waals surface area contributed by atoms with E-state index < -0.39 is 35.0 Å². The summed E-state index contributed by atoms with van der Waals surface area (Å²) < 4.78 is 61.9. The van der Waals surface area contributed by atoms with E-state index in [1.807, 2.05) is 0 Å². The van der Waals surface area contributed by atoms with Crippen LogP contribution in [-0.2, 0) is 4.79 Å². The fraction of sp³-hybridized carbons (Fsp3) is 0.429. The van der Waals surface area contributed by atoms with E-state index in [1.165, 1.54) is 13.3 Å². The van der Waals surface area contributed by atoms with Crippen LogP contribution in [0.2, 0.25) is 5.02 Å². The molecule has 0 bridgehead atoms. The number of alkyl halides is 1. The Morgan fingerprint density at radius 2 is 1.90 bits per heavy atom. The molecular weight excluding hydrogens is 556 g/mol. The van der Waals surface area contributed by atoms with E-state index in [-0.39, 0.29) is 22.8 Å². The number of benzene rings is 2. The van der Waals surface area contributed by atoms with E-state index in [2.05, 4.69) is 9.88 Å². The quantitative estimate of drug-likeness (QED) is 0.186. The Bertz CT molecular complexity index is 1310. The van der Waals surface area contributed by atoms with Gasteiger partial charge in [0.1, 0.15) is 29.4 Å². The van der Waals surface area contributed by atoms with Gasteiger partial charge in [-0.25, -0.2) is 17.6 Å². The summed E-state index contributed by atoms with van der Waals surface area (Å²) in [5, 5.41) is 10.4. The van der Waals surface area contributed by atoms with Gasteiger partial charge in [-0.2, -0.15) is 0 Å². The number of carboxylic acids is 1. The van der Waals surface area contributed by atoms with Crippen molar-refractivity contribution in [2.24, 2.45) is 5.41 Å². The first kappa shape index (κ1) is 29.4. The van der Waals surface area contributed by atoms with E-state index in [4.69, 9.17) is 16.3 Å². The second-order valence-electron chi connectivity index (χ2n) is 9.87. The summed E-state index contributed by atoms with van der Waals surface area (Å²) in [6, 6.07) is 6.48. The molecule has 1 aliphatic heterocycles. The number of aromatic nitrogens is 1. The van der Waals surface area contributed by atoms with Crippen molar-refractivity contribution in [2.45, 2.75) is 43.2 Å². The van der Waals surface area contributed by atoms with Crippen LogP contribution in [-0.4, -0.2) is 53.5 Å². The van der Waals surface area contributed by atoms with Gasteiger partial charge in [0.25, 0.3) is 0 Å². The number of pyridine rings is 1. The highest BCUT2D eigenvalue weighted by Gasteiger charge is 2.37. The molecule has 1 saturated heterocycles. The number of halogens is 5. The normalized spacial score (nSPS) is 16.4. The summed E-state index contributed by atoms with van der Waals surface area (Å²) in [5.74, 6) is -2.83. The van der Waals surface area contributed by atoms with Gasteiger partial charge in [-0.05, 0) is 62.4 Å². The molecule has 1 unspecified atom stereocenters. The molecule has 0 amide bonds. The second-order valence-corrected chi connectivity index (χ2v) is 11.4. The fourth-order valence-electron chi connectivity index (χ4n) is 5.22. The summed E-state index contributed by atoms with van der Waals surface area (Å²) in [7, 11) is 1.52. The number of carbonyl (C=O) groups is 1. The molecule has 0 radical (unpaired) electrons. The maximum Gasteiger partial charge on any atom is 0.303 e. The number of fused-ring (bicyclic) bond motifs is 1. The zero-order valence-electron chi connectivity index (χ0n) is 21.4. The van der Waals surface area contributed by atoms with E-state index in [0.717, 1.165) is 11.8 Å². The van der Waals surface area contributed by atoms with Crippen molar-refractivity contribution >= 4 is 40.2 Å². The van der Waals surface area contributed by atoms with Crippen molar-refractivity contribution in [3.8, 4) is 5.75 Å². The lowest BCUT2D eigenvalue weighted by Gasteiger charge is -2.41. The molecule has 5 nitrogen and oxygen atoms in total. The molecule has 1 aromatic heterocycles. The molecule has 11 heteroatoms. The number of methoxy groups -OCH3 is 1. The van der Waals surface area contributed by atoms with Gasteiger partial charge in [0.2, 0.25) is 0 Å². The molecule has 4 rings (SSSR count). The second kappa shape index (κ2) is 12.7. The Labute approximate surface area is 233 Å². The Morgan fingerprint density at radius 1 is 1.21 bits per heavy atom. The molecule has 1 fully saturated rings. The first-order chi connectivity index (χ1) is 18.6. The molecule has 0 spiro atoms. The summed E-state index contributed by atoms with van der Waals surface area (Å²) in [6.45, 7) is 1.68. The topological polar surface area (TPSA) is 62.7 Å². The maximum atomic E-state index is 15.7. The minimum atomic E-state index is -1.42. The van der Waals surface area contributed by atoms with Gasteiger partial charge in [-0.15, -0.1) is 11.8 Å². The van der Waals surface area contributed by atoms with Crippen LogP contribution in [0.3, 0.4) is 0 Å². The van der Waals surface area contributed by atoms with Crippen LogP contribution in [0.1, 0.15) is 43.8 Å². The van der Waals surface area contributed by atoms with Crippen LogP contribution in [0.25, 0.3) is 10.9 Å². The van der Waals surface area contributed by atoms with E-state index in [0.29, 0.717) is 79.0 Å². The molecule has 210 valence electrons. The van der Waals surface area contributed by atoms with E-state index in [1.54, 1.807) is 18.2 Å². The lowest BCUT2D eigenvalue weighted by Crippen LogP contribution is -2.42. The largest absolute Gasteiger partial charge is 0.497 e. The number of carboxylic acid groups (broad SMARTS) is 1. The number of thioether (sulfide) groups is 1. The van der Waals surface area contributed by atoms with Crippen LogP contribution < -0.4 is 4.74 Å². The van der Waals surface area contributed by atoms with Crippen molar-refractivity contribution in [1.29, 1.82) is 0 Å². The zero-order valence-corrected chi connectivity index (χ0v) is 22.9. The number of nitrogens with zero attached hydrogens (tertiary/aromatic N) is 2. The molecule has 0 aliphatic carbocycles. The van der Waals surface area contributed by atoms with Gasteiger partial charge in [-0.3, -0.25) is 9.78 Å². The first-order valence-corrected chi connectivity index (χ1v) is 13.9. The van der Waals surface area contributed by atoms with Crippen molar-refractivity contribution in [3.05, 3.63) is 64.6 Å². The van der Waals surface area contributed by atoms with Gasteiger partial charge in [0.15, 0.2) is 0 Å². The summed E-state index contributed by atoms with van der Waals surface area (Å²) in [5.41, 5.74) is 0.326. The molecular formula is C28H29ClF4N2O3S. The number of aliphatic carboxylic acids is 1. The van der Waals surface area contributed by atoms with Gasteiger partial charge in [-0.1, -0.05) is 11.6 Å². The Morgan fingerprint density at radius 3 is 2.54 bits per heavy atom. The minimum Gasteiger partial charge on any atom is -0.497 e. The number of hydrogen-bond acceptors (Lipinski definition) is 5. The first-order valence-electron chi connectivity index (χ1n) is 12.6. The Hall–Kier alpha value is -2.56. The van der Waals surface area contributed by atoms with Crippen molar-refractivity contribution in [1.82, 2.24) is 9.88 Å². The Kier molecular flexibility index (Phi) is 9.61. The summed E-state index contributed by atoms with van der Waals surface area (Å²) in [6.07, 6.45) is 1.49. The van der Waals surface area contributed by atoms with Gasteiger partial charge >= 0.3 is 5.97 Å². The highest BCUT2D eigenvalue weighted by atomic mass is 35.5. The SMILES string of the molecule is COc1ccc2ncc(Cl)c(C(F)CCC3(CC(=O)O)CCN(CCSc4c(F)cc(F)cc4F)CC3)c2c1. The molecule has 2 heterocycles. The van der Waals surface area contributed by atoms with Crippen molar-refractivity contribution in [3.63, 3.8) is 0 Å². The van der Waals surface area contributed by atoms with Crippen LogP contribution >= 0.6 is 23.4 Å². The number of hydrogen-bond donors (Lipinski definition) is 1. The molecule has 0 saturated carbocycles. The fourth-order valence-corrected chi connectivity index (χ4v) is 6.44. The average Bonchev–Trinajstić information content (AvgIpc) is 2.89. The van der Waals surface area contributed by atoms with Crippen LogP contribution in [0.4, 0.5) is 17.6 Å². The van der Waals surface area contributed by atoms with Crippen LogP contribution in [0.5, 0.6) is 5.75 Å². The highest BCUT2D eigenvalue weighted by molar-refractivity contribution is 7.99. The number of piperidine rings is 1. The lowest BCUT2D eigenvalue weighted by molar-refractivity contribution is -0.141. The number of rotatable bonds is 11. The zero-order chi connectivity index (χ0) is 28.2. The van der Waals surface area contributed by atoms with Crippen molar-refractivity contribution < 1.29 is 32.2 Å². The van der Waals surface area contributed by atoms with Gasteiger partial charge < -0.3 is 14.7 Å². The number of likely N-dealkylation sites (tertiary alicyclic amines) is 1. The molecule has 1 N–H and O–H groups in total. The summed E-state index contributed by atoms with van der Waals surface area (Å²) in [4.78, 5) is 17.9. The Balaban J connectivity index is 1.39. The summed E-state index contributed by atoms with van der Waals surface area (Å²) >= 11 is 7.34. The third-order valence-electron chi connectivity index (χ3n) is 7.37. The van der Waals surface area contributed by atoms with Gasteiger partial charge in [0, 0.05) is 41.6 Å². The predicted molar refractivity (Wildman–Crippen MR) is 144 cm³/mol. The van der Waals surface area contributed by atoms with E-state index >= 15 is 4.39 Å². The maximum absolute atomic E-state index is 15.7. The highest BCUT2D eigenvalue weighted by Crippen LogP contribution is 2.44. The molecule has 1 aliphatic rings. The van der Waals surface area contributed by atoms with Gasteiger partial charge in [0.05, 0.1) is 29.0 Å². The predicted octanol–water partition coefficient (Wildman–Crippen LogP) is 7.45. The average molecular weight is 585 g/mol. The smallest absolute Gasteiger partial charge is 0.303 e. The number of ether oxygens (including phenoxy) is 1. The van der Waals surface area contributed by atoms with Crippen molar-refractivity contribution in [2.75, 3.05) is 32.5 Å². The molecule has 39 heavy (non-hydrogen) atoms. The third kappa shape index (κ3) is 7.15. The lowest BCUT2D eigenvalue weighted by atomic mass is 9.71. The minimum absolute atomic E-state index is 0.0764. The third-order valence-corrected chi connectivity index (χ3v) is 8.74. The molecule has 2 aromatic carbocycles. The van der Waals surface area contributed by atoms with Crippen LogP contribution in [0.15, 0.2) is 41.4 Å².